The number of hydrogen-bond donors (Lipinski definition) is 0. The van der Waals surface area contributed by atoms with Crippen molar-refractivity contribution in [3.63, 3.8) is 0 Å². The van der Waals surface area contributed by atoms with Gasteiger partial charge in [0.15, 0.2) is 0 Å². The number of hydrogen-bond acceptors (Lipinski definition) is 5. The Kier molecular flexibility index (Phi) is 5.55. The normalized spacial score (nSPS) is 11.2. The zero-order chi connectivity index (χ0) is 14.3. The smallest absolute Gasteiger partial charge is 0.338 e. The second-order valence-corrected chi connectivity index (χ2v) is 3.79. The number of nitriles is 1. The third kappa shape index (κ3) is 3.81. The van der Waals surface area contributed by atoms with Gasteiger partial charge in [-0.1, -0.05) is 18.2 Å². The molecule has 0 amide bonds. The van der Waals surface area contributed by atoms with Gasteiger partial charge < -0.3 is 9.47 Å². The Morgan fingerprint density at radius 1 is 1.37 bits per heavy atom. The lowest BCUT2D eigenvalue weighted by Crippen LogP contribution is -2.20. The van der Waals surface area contributed by atoms with Crippen molar-refractivity contribution in [3.05, 3.63) is 35.4 Å². The molecular formula is C14H15NO4. The summed E-state index contributed by atoms with van der Waals surface area (Å²) in [4.78, 5) is 23.1. The van der Waals surface area contributed by atoms with Crippen LogP contribution in [0.15, 0.2) is 24.3 Å². The zero-order valence-corrected chi connectivity index (χ0v) is 10.9. The Morgan fingerprint density at radius 2 is 2.05 bits per heavy atom. The van der Waals surface area contributed by atoms with Crippen LogP contribution in [0, 0.1) is 17.2 Å². The summed E-state index contributed by atoms with van der Waals surface area (Å²) in [5.74, 6) is -1.99. The fraction of sp³-hybridized carbons (Fsp3) is 0.357. The highest BCUT2D eigenvalue weighted by Crippen LogP contribution is 2.16. The molecule has 19 heavy (non-hydrogen) atoms. The third-order valence-electron chi connectivity index (χ3n) is 2.57. The van der Waals surface area contributed by atoms with Crippen molar-refractivity contribution < 1.29 is 19.1 Å². The van der Waals surface area contributed by atoms with Gasteiger partial charge in [-0.15, -0.1) is 0 Å². The molecule has 0 heterocycles. The number of rotatable bonds is 5. The topological polar surface area (TPSA) is 76.4 Å². The quantitative estimate of drug-likeness (QED) is 0.754. The average Bonchev–Trinajstić information content (AvgIpc) is 2.44. The first kappa shape index (κ1) is 14.7. The molecule has 0 saturated heterocycles. The van der Waals surface area contributed by atoms with Gasteiger partial charge in [0.05, 0.1) is 25.3 Å². The molecule has 0 spiro atoms. The number of nitrogens with zero attached hydrogens (tertiary/aromatic N) is 1. The van der Waals surface area contributed by atoms with Crippen LogP contribution < -0.4 is 0 Å². The molecule has 0 aliphatic carbocycles. The average molecular weight is 261 g/mol. The predicted octanol–water partition coefficient (Wildman–Crippen LogP) is 1.72. The first-order chi connectivity index (χ1) is 9.13. The Bertz CT molecular complexity index is 504. The highest BCUT2D eigenvalue weighted by molar-refractivity contribution is 5.91. The maximum atomic E-state index is 11.6. The summed E-state index contributed by atoms with van der Waals surface area (Å²) in [7, 11) is 1.28. The van der Waals surface area contributed by atoms with Gasteiger partial charge in [-0.3, -0.25) is 4.79 Å². The molecule has 100 valence electrons. The lowest BCUT2D eigenvalue weighted by molar-refractivity contribution is -0.145. The van der Waals surface area contributed by atoms with E-state index in [0.29, 0.717) is 11.1 Å². The van der Waals surface area contributed by atoms with E-state index in [0.717, 1.165) is 0 Å². The van der Waals surface area contributed by atoms with Crippen LogP contribution >= 0.6 is 0 Å². The van der Waals surface area contributed by atoms with Crippen LogP contribution in [0.5, 0.6) is 0 Å². The van der Waals surface area contributed by atoms with E-state index >= 15 is 0 Å². The van der Waals surface area contributed by atoms with E-state index in [2.05, 4.69) is 4.74 Å². The zero-order valence-electron chi connectivity index (χ0n) is 10.9. The number of esters is 2. The Morgan fingerprint density at radius 3 is 2.63 bits per heavy atom. The van der Waals surface area contributed by atoms with E-state index in [-0.39, 0.29) is 13.0 Å². The van der Waals surface area contributed by atoms with Crippen molar-refractivity contribution in [3.8, 4) is 6.07 Å². The highest BCUT2D eigenvalue weighted by Gasteiger charge is 2.22. The lowest BCUT2D eigenvalue weighted by atomic mass is 9.96. The van der Waals surface area contributed by atoms with Crippen molar-refractivity contribution in [1.29, 1.82) is 5.26 Å². The molecule has 0 saturated carbocycles. The second kappa shape index (κ2) is 7.17. The first-order valence-corrected chi connectivity index (χ1v) is 5.86. The molecule has 0 aliphatic heterocycles. The number of carbonyl (C=O) groups is 2. The van der Waals surface area contributed by atoms with Gasteiger partial charge >= 0.3 is 11.9 Å². The van der Waals surface area contributed by atoms with Crippen molar-refractivity contribution in [2.45, 2.75) is 13.3 Å². The van der Waals surface area contributed by atoms with Crippen molar-refractivity contribution in [1.82, 2.24) is 0 Å². The SMILES string of the molecule is CCOC(=O)[C@@H](C#N)Cc1ccccc1C(=O)OC. The molecule has 1 atom stereocenters. The standard InChI is InChI=1S/C14H15NO4/c1-3-19-13(16)11(9-15)8-10-6-4-5-7-12(10)14(17)18-2/h4-7,11H,3,8H2,1-2H3/t11-/m1/s1. The lowest BCUT2D eigenvalue weighted by Gasteiger charge is -2.11. The van der Waals surface area contributed by atoms with Gasteiger partial charge in [0.25, 0.3) is 0 Å². The summed E-state index contributed by atoms with van der Waals surface area (Å²) in [5.41, 5.74) is 0.948. The van der Waals surface area contributed by atoms with Gasteiger partial charge in [0.2, 0.25) is 0 Å². The van der Waals surface area contributed by atoms with E-state index in [1.54, 1.807) is 31.2 Å². The summed E-state index contributed by atoms with van der Waals surface area (Å²) in [6, 6.07) is 8.61. The fourth-order valence-electron chi connectivity index (χ4n) is 1.65. The van der Waals surface area contributed by atoms with E-state index in [1.165, 1.54) is 7.11 Å². The first-order valence-electron chi connectivity index (χ1n) is 5.86. The van der Waals surface area contributed by atoms with Crippen molar-refractivity contribution in [2.24, 2.45) is 5.92 Å². The van der Waals surface area contributed by atoms with Crippen LogP contribution in [0.2, 0.25) is 0 Å². The van der Waals surface area contributed by atoms with E-state index < -0.39 is 17.9 Å². The molecule has 5 nitrogen and oxygen atoms in total. The predicted molar refractivity (Wildman–Crippen MR) is 67.2 cm³/mol. The molecule has 0 aliphatic rings. The minimum absolute atomic E-state index is 0.126. The fourth-order valence-corrected chi connectivity index (χ4v) is 1.65. The van der Waals surface area contributed by atoms with Gasteiger partial charge in [0.1, 0.15) is 5.92 Å². The van der Waals surface area contributed by atoms with Crippen LogP contribution in [0.1, 0.15) is 22.8 Å². The Labute approximate surface area is 111 Å². The van der Waals surface area contributed by atoms with Crippen LogP contribution in [0.3, 0.4) is 0 Å². The van der Waals surface area contributed by atoms with E-state index in [1.807, 2.05) is 6.07 Å². The molecule has 5 heteroatoms. The minimum atomic E-state index is -0.925. The summed E-state index contributed by atoms with van der Waals surface area (Å²) in [5, 5.41) is 9.00. The maximum absolute atomic E-state index is 11.6. The monoisotopic (exact) mass is 261 g/mol. The summed E-state index contributed by atoms with van der Waals surface area (Å²) in [6.45, 7) is 1.89. The molecule has 1 aromatic carbocycles. The second-order valence-electron chi connectivity index (χ2n) is 3.79. The third-order valence-corrected chi connectivity index (χ3v) is 2.57. The summed E-state index contributed by atoms with van der Waals surface area (Å²) < 4.78 is 9.48. The molecule has 0 bridgehead atoms. The number of benzene rings is 1. The van der Waals surface area contributed by atoms with Crippen LogP contribution in [0.4, 0.5) is 0 Å². The van der Waals surface area contributed by atoms with Gasteiger partial charge in [0, 0.05) is 0 Å². The van der Waals surface area contributed by atoms with Crippen molar-refractivity contribution in [2.75, 3.05) is 13.7 Å². The maximum Gasteiger partial charge on any atom is 0.338 e. The van der Waals surface area contributed by atoms with Gasteiger partial charge in [-0.05, 0) is 25.0 Å². The molecule has 0 N–H and O–H groups in total. The number of methoxy groups -OCH3 is 1. The Balaban J connectivity index is 2.95. The van der Waals surface area contributed by atoms with Crippen LogP contribution in [-0.4, -0.2) is 25.7 Å². The van der Waals surface area contributed by atoms with Crippen LogP contribution in [0.25, 0.3) is 0 Å². The number of ether oxygens (including phenoxy) is 2. The molecule has 0 radical (unpaired) electrons. The molecule has 0 unspecified atom stereocenters. The molecule has 0 aromatic heterocycles. The largest absolute Gasteiger partial charge is 0.465 e. The minimum Gasteiger partial charge on any atom is -0.465 e. The van der Waals surface area contributed by atoms with E-state index in [9.17, 15) is 9.59 Å². The molecule has 1 aromatic rings. The van der Waals surface area contributed by atoms with Crippen molar-refractivity contribution >= 4 is 11.9 Å². The van der Waals surface area contributed by atoms with E-state index in [4.69, 9.17) is 10.00 Å². The van der Waals surface area contributed by atoms with Gasteiger partial charge in [-0.2, -0.15) is 5.26 Å². The molecular weight excluding hydrogens is 246 g/mol. The highest BCUT2D eigenvalue weighted by atomic mass is 16.5. The Hall–Kier alpha value is -2.35. The summed E-state index contributed by atoms with van der Waals surface area (Å²) in [6.07, 6.45) is 0.126. The molecule has 1 rings (SSSR count). The summed E-state index contributed by atoms with van der Waals surface area (Å²) >= 11 is 0. The van der Waals surface area contributed by atoms with Crippen LogP contribution in [-0.2, 0) is 20.7 Å². The van der Waals surface area contributed by atoms with Gasteiger partial charge in [-0.25, -0.2) is 4.79 Å². The number of carbonyl (C=O) groups excluding carboxylic acids is 2. The molecule has 0 fully saturated rings.